The van der Waals surface area contributed by atoms with Crippen LogP contribution in [0.1, 0.15) is 10.4 Å². The predicted molar refractivity (Wildman–Crippen MR) is 103 cm³/mol. The molecule has 0 aliphatic carbocycles. The Morgan fingerprint density at radius 1 is 1.46 bits per heavy atom. The average Bonchev–Trinajstić information content (AvgIpc) is 3.02. The highest BCUT2D eigenvalue weighted by molar-refractivity contribution is 7.19. The molecular weight excluding hydrogens is 374 g/mol. The minimum absolute atomic E-state index is 0.0411. The lowest BCUT2D eigenvalue weighted by atomic mass is 10.0. The summed E-state index contributed by atoms with van der Waals surface area (Å²) in [6, 6.07) is 6.87. The van der Waals surface area contributed by atoms with E-state index in [4.69, 9.17) is 27.5 Å². The van der Waals surface area contributed by atoms with E-state index in [2.05, 4.69) is 16.0 Å². The molecule has 0 amide bonds. The molecule has 1 aliphatic rings. The predicted octanol–water partition coefficient (Wildman–Crippen LogP) is 0.975. The van der Waals surface area contributed by atoms with Gasteiger partial charge in [0.2, 0.25) is 0 Å². The van der Waals surface area contributed by atoms with Gasteiger partial charge in [-0.25, -0.2) is 0 Å². The van der Waals surface area contributed by atoms with Gasteiger partial charge in [-0.15, -0.1) is 11.3 Å². The summed E-state index contributed by atoms with van der Waals surface area (Å²) in [6.07, 6.45) is 1.11. The fourth-order valence-electron chi connectivity index (χ4n) is 2.80. The van der Waals surface area contributed by atoms with E-state index in [1.165, 1.54) is 23.5 Å². The summed E-state index contributed by atoms with van der Waals surface area (Å²) in [5, 5.41) is 26.0. The molecule has 0 bridgehead atoms. The number of nitrogens with zero attached hydrogens (tertiary/aromatic N) is 3. The minimum Gasteiger partial charge on any atom is -0.508 e. The standard InChI is InChI=1S/C17H16ClN5O2S/c18-13-7-10(24)1-2-11(13)14-12(8-19)17(23-3-5-25-6-4-23)26-15(14)16(21)22-9-20/h1-2,7,9,24H,3-6H2,(H3,20,21,22)/p+1. The number of phenolic OH excluding ortho intramolecular Hbond substituents is 1. The Hall–Kier alpha value is -2.60. The molecule has 0 spiro atoms. The van der Waals surface area contributed by atoms with E-state index in [1.54, 1.807) is 6.07 Å². The van der Waals surface area contributed by atoms with Crippen LogP contribution in [0.3, 0.4) is 0 Å². The van der Waals surface area contributed by atoms with Crippen molar-refractivity contribution in [3.05, 3.63) is 33.7 Å². The molecular formula is C17H17ClN5O2S+. The van der Waals surface area contributed by atoms with Crippen LogP contribution in [-0.2, 0) is 4.74 Å². The summed E-state index contributed by atoms with van der Waals surface area (Å²) in [7, 11) is 0. The molecule has 2 aromatic rings. The third kappa shape index (κ3) is 3.37. The Labute approximate surface area is 159 Å². The van der Waals surface area contributed by atoms with Gasteiger partial charge in [-0.1, -0.05) is 11.6 Å². The lowest BCUT2D eigenvalue weighted by Gasteiger charge is -2.27. The number of halogens is 1. The number of hydrogen-bond acceptors (Lipinski definition) is 5. The normalized spacial score (nSPS) is 14.9. The van der Waals surface area contributed by atoms with Gasteiger partial charge in [0.05, 0.1) is 23.8 Å². The van der Waals surface area contributed by atoms with E-state index >= 15 is 0 Å². The van der Waals surface area contributed by atoms with Gasteiger partial charge in [0, 0.05) is 24.2 Å². The third-order valence-electron chi connectivity index (χ3n) is 3.97. The average molecular weight is 391 g/mol. The van der Waals surface area contributed by atoms with Crippen LogP contribution >= 0.6 is 22.9 Å². The second kappa shape index (κ2) is 7.74. The van der Waals surface area contributed by atoms with Gasteiger partial charge >= 0.3 is 0 Å². The summed E-state index contributed by atoms with van der Waals surface area (Å²) in [5.74, 6) is 0.243. The first-order valence-corrected chi connectivity index (χ1v) is 9.01. The number of hydrogen-bond donors (Lipinski definition) is 3. The molecule has 9 heteroatoms. The van der Waals surface area contributed by atoms with Crippen molar-refractivity contribution < 1.29 is 15.3 Å². The van der Waals surface area contributed by atoms with E-state index in [0.29, 0.717) is 52.9 Å². The number of amidine groups is 1. The van der Waals surface area contributed by atoms with Crippen molar-refractivity contribution in [3.63, 3.8) is 0 Å². The van der Waals surface area contributed by atoms with Crippen molar-refractivity contribution >= 4 is 40.1 Å². The number of aliphatic imine (C=N–C) groups is 1. The number of anilines is 1. The number of nitriles is 1. The van der Waals surface area contributed by atoms with Crippen LogP contribution in [0.15, 0.2) is 23.2 Å². The lowest BCUT2D eigenvalue weighted by Crippen LogP contribution is -2.36. The fraction of sp³-hybridized carbons (Fsp3) is 0.235. The highest BCUT2D eigenvalue weighted by atomic mass is 35.5. The van der Waals surface area contributed by atoms with Crippen LogP contribution in [-0.4, -0.2) is 43.6 Å². The maximum Gasteiger partial charge on any atom is 0.279 e. The van der Waals surface area contributed by atoms with Gasteiger partial charge in [0.25, 0.3) is 12.2 Å². The Morgan fingerprint density at radius 3 is 2.81 bits per heavy atom. The molecule has 1 saturated heterocycles. The zero-order valence-corrected chi connectivity index (χ0v) is 15.3. The second-order valence-electron chi connectivity index (χ2n) is 5.53. The van der Waals surface area contributed by atoms with Crippen molar-refractivity contribution in [1.82, 2.24) is 0 Å². The molecule has 2 heterocycles. The Balaban J connectivity index is 2.26. The van der Waals surface area contributed by atoms with Crippen LogP contribution in [0.5, 0.6) is 5.75 Å². The van der Waals surface area contributed by atoms with E-state index in [9.17, 15) is 10.4 Å². The van der Waals surface area contributed by atoms with Crippen LogP contribution in [0, 0.1) is 11.3 Å². The van der Waals surface area contributed by atoms with Gasteiger partial charge in [0.1, 0.15) is 21.7 Å². The van der Waals surface area contributed by atoms with Crippen molar-refractivity contribution in [3.8, 4) is 22.9 Å². The molecule has 0 unspecified atom stereocenters. The maximum atomic E-state index is 9.85. The Morgan fingerprint density at radius 2 is 2.19 bits per heavy atom. The number of thiophene rings is 1. The van der Waals surface area contributed by atoms with Crippen LogP contribution in [0.2, 0.25) is 5.02 Å². The van der Waals surface area contributed by atoms with E-state index in [-0.39, 0.29) is 11.6 Å². The molecule has 0 radical (unpaired) electrons. The first-order valence-electron chi connectivity index (χ1n) is 7.82. The van der Waals surface area contributed by atoms with Gasteiger partial charge in [-0.05, 0) is 23.2 Å². The number of rotatable bonds is 4. The third-order valence-corrected chi connectivity index (χ3v) is 5.55. The number of aromatic hydroxyl groups is 1. The summed E-state index contributed by atoms with van der Waals surface area (Å²) >= 11 is 7.70. The molecule has 0 atom stereocenters. The largest absolute Gasteiger partial charge is 0.508 e. The molecule has 1 aromatic carbocycles. The molecule has 134 valence electrons. The zero-order valence-electron chi connectivity index (χ0n) is 13.8. The molecule has 1 aliphatic heterocycles. The van der Waals surface area contributed by atoms with E-state index < -0.39 is 0 Å². The topological polar surface area (TPSA) is 120 Å². The van der Waals surface area contributed by atoms with E-state index in [1.807, 2.05) is 0 Å². The van der Waals surface area contributed by atoms with Gasteiger partial charge < -0.3 is 20.5 Å². The van der Waals surface area contributed by atoms with Crippen molar-refractivity contribution in [2.24, 2.45) is 10.7 Å². The first kappa shape index (κ1) is 18.2. The summed E-state index contributed by atoms with van der Waals surface area (Å²) in [5.41, 5.74) is 7.75. The van der Waals surface area contributed by atoms with Gasteiger partial charge in [0.15, 0.2) is 0 Å². The van der Waals surface area contributed by atoms with Crippen molar-refractivity contribution in [2.75, 3.05) is 31.2 Å². The Kier molecular flexibility index (Phi) is 5.42. The van der Waals surface area contributed by atoms with Gasteiger partial charge in [-0.3, -0.25) is 5.41 Å². The molecule has 1 fully saturated rings. The number of benzene rings is 1. The fourth-order valence-corrected chi connectivity index (χ4v) is 4.29. The minimum atomic E-state index is 0.0411. The van der Waals surface area contributed by atoms with Crippen LogP contribution in [0.4, 0.5) is 5.00 Å². The highest BCUT2D eigenvalue weighted by Crippen LogP contribution is 2.44. The number of nitrogens with two attached hydrogens (primary N) is 2. The maximum absolute atomic E-state index is 9.85. The van der Waals surface area contributed by atoms with E-state index in [0.717, 1.165) is 11.3 Å². The molecule has 5 N–H and O–H groups in total. The molecule has 26 heavy (non-hydrogen) atoms. The van der Waals surface area contributed by atoms with Crippen molar-refractivity contribution in [1.29, 1.82) is 5.26 Å². The SMILES string of the molecule is N#Cc1c(N2CCOCC2)sc(C(N)=NC=[NH2+])c1-c1ccc(O)cc1Cl. The monoisotopic (exact) mass is 390 g/mol. The number of ether oxygens (including phenoxy) is 1. The molecule has 1 aromatic heterocycles. The number of morpholine rings is 1. The zero-order chi connectivity index (χ0) is 18.7. The molecule has 3 rings (SSSR count). The first-order chi connectivity index (χ1) is 12.6. The number of phenols is 1. The summed E-state index contributed by atoms with van der Waals surface area (Å²) in [4.78, 5) is 6.67. The summed E-state index contributed by atoms with van der Waals surface area (Å²) in [6.45, 7) is 2.54. The van der Waals surface area contributed by atoms with Crippen molar-refractivity contribution in [2.45, 2.75) is 0 Å². The lowest BCUT2D eigenvalue weighted by molar-refractivity contribution is -0.106. The van der Waals surface area contributed by atoms with Crippen LogP contribution < -0.4 is 16.0 Å². The summed E-state index contributed by atoms with van der Waals surface area (Å²) < 4.78 is 5.40. The molecule has 0 saturated carbocycles. The quantitative estimate of drug-likeness (QED) is 0.530. The second-order valence-corrected chi connectivity index (χ2v) is 6.93. The highest BCUT2D eigenvalue weighted by Gasteiger charge is 2.28. The Bertz CT molecular complexity index is 913. The van der Waals surface area contributed by atoms with Crippen LogP contribution in [0.25, 0.3) is 11.1 Å². The van der Waals surface area contributed by atoms with Gasteiger partial charge in [-0.2, -0.15) is 5.26 Å². The smallest absolute Gasteiger partial charge is 0.279 e. The molecule has 7 nitrogen and oxygen atoms in total.